The Hall–Kier alpha value is -1.72. The first-order valence-corrected chi connectivity index (χ1v) is 9.69. The SMILES string of the molecule is CC(C)c1ccc(-c2nc(C[NH+](C)CC(=O)NC(C)(C)C)cs2)cc1. The van der Waals surface area contributed by atoms with Crippen LogP contribution in [0.3, 0.4) is 0 Å². The number of hydrogen-bond acceptors (Lipinski definition) is 3. The number of quaternary nitrogens is 1. The Morgan fingerprint density at radius 2 is 1.88 bits per heavy atom. The van der Waals surface area contributed by atoms with Gasteiger partial charge >= 0.3 is 0 Å². The van der Waals surface area contributed by atoms with E-state index in [1.165, 1.54) is 5.56 Å². The highest BCUT2D eigenvalue weighted by Gasteiger charge is 2.18. The van der Waals surface area contributed by atoms with Gasteiger partial charge in [0.05, 0.1) is 7.05 Å². The van der Waals surface area contributed by atoms with Crippen LogP contribution in [0.5, 0.6) is 0 Å². The van der Waals surface area contributed by atoms with Gasteiger partial charge in [0.1, 0.15) is 17.2 Å². The molecule has 2 aromatic rings. The number of amides is 1. The van der Waals surface area contributed by atoms with E-state index in [1.54, 1.807) is 11.3 Å². The summed E-state index contributed by atoms with van der Waals surface area (Å²) >= 11 is 1.66. The van der Waals surface area contributed by atoms with E-state index >= 15 is 0 Å². The summed E-state index contributed by atoms with van der Waals surface area (Å²) in [4.78, 5) is 17.9. The van der Waals surface area contributed by atoms with Gasteiger partial charge < -0.3 is 10.2 Å². The molecule has 25 heavy (non-hydrogen) atoms. The standard InChI is InChI=1S/C20H29N3OS/c1-14(2)15-7-9-16(10-8-15)19-21-17(13-25-19)11-23(6)12-18(24)22-20(3,4)5/h7-10,13-14H,11-12H2,1-6H3,(H,22,24)/p+1. The summed E-state index contributed by atoms with van der Waals surface area (Å²) in [6.07, 6.45) is 0. The Labute approximate surface area is 155 Å². The molecule has 2 N–H and O–H groups in total. The number of nitrogens with zero attached hydrogens (tertiary/aromatic N) is 1. The van der Waals surface area contributed by atoms with Crippen molar-refractivity contribution in [2.24, 2.45) is 0 Å². The number of hydrogen-bond donors (Lipinski definition) is 2. The smallest absolute Gasteiger partial charge is 0.275 e. The zero-order valence-corrected chi connectivity index (χ0v) is 17.0. The van der Waals surface area contributed by atoms with Gasteiger partial charge in [-0.2, -0.15) is 0 Å². The van der Waals surface area contributed by atoms with Crippen molar-refractivity contribution in [1.29, 1.82) is 0 Å². The average Bonchev–Trinajstić information content (AvgIpc) is 2.93. The molecule has 1 amide bonds. The van der Waals surface area contributed by atoms with E-state index < -0.39 is 0 Å². The summed E-state index contributed by atoms with van der Waals surface area (Å²) in [5.41, 5.74) is 3.35. The van der Waals surface area contributed by atoms with Crippen molar-refractivity contribution in [3.63, 3.8) is 0 Å². The fraction of sp³-hybridized carbons (Fsp3) is 0.500. The Morgan fingerprint density at radius 1 is 1.24 bits per heavy atom. The fourth-order valence-electron chi connectivity index (χ4n) is 2.64. The lowest BCUT2D eigenvalue weighted by Crippen LogP contribution is -3.09. The van der Waals surface area contributed by atoms with Crippen LogP contribution in [0.2, 0.25) is 0 Å². The van der Waals surface area contributed by atoms with Crippen LogP contribution in [0.25, 0.3) is 10.6 Å². The normalized spacial score (nSPS) is 13.1. The van der Waals surface area contributed by atoms with Crippen LogP contribution in [-0.4, -0.2) is 30.0 Å². The largest absolute Gasteiger partial charge is 0.347 e. The van der Waals surface area contributed by atoms with Crippen LogP contribution in [0.15, 0.2) is 29.6 Å². The van der Waals surface area contributed by atoms with Gasteiger partial charge in [0.15, 0.2) is 6.54 Å². The van der Waals surface area contributed by atoms with Gasteiger partial charge in [0, 0.05) is 16.5 Å². The number of carbonyl (C=O) groups excluding carboxylic acids is 1. The quantitative estimate of drug-likeness (QED) is 0.832. The van der Waals surface area contributed by atoms with Gasteiger partial charge in [-0.05, 0) is 32.3 Å². The molecule has 0 aliphatic carbocycles. The molecule has 1 heterocycles. The van der Waals surface area contributed by atoms with Crippen LogP contribution < -0.4 is 10.2 Å². The summed E-state index contributed by atoms with van der Waals surface area (Å²) in [5, 5.41) is 6.14. The number of rotatable bonds is 6. The highest BCUT2D eigenvalue weighted by atomic mass is 32.1. The Bertz CT molecular complexity index is 698. The number of benzene rings is 1. The van der Waals surface area contributed by atoms with Gasteiger partial charge in [-0.3, -0.25) is 4.79 Å². The van der Waals surface area contributed by atoms with E-state index in [0.717, 1.165) is 27.7 Å². The number of thiazole rings is 1. The summed E-state index contributed by atoms with van der Waals surface area (Å²) in [7, 11) is 2.03. The van der Waals surface area contributed by atoms with Crippen LogP contribution in [0.4, 0.5) is 0 Å². The first-order valence-electron chi connectivity index (χ1n) is 8.81. The second-order valence-electron chi connectivity index (χ2n) is 8.03. The van der Waals surface area contributed by atoms with Crippen molar-refractivity contribution in [2.75, 3.05) is 13.6 Å². The molecule has 0 bridgehead atoms. The van der Waals surface area contributed by atoms with Crippen LogP contribution in [0.1, 0.15) is 51.8 Å². The minimum Gasteiger partial charge on any atom is -0.347 e. The van der Waals surface area contributed by atoms with E-state index in [0.29, 0.717) is 12.5 Å². The van der Waals surface area contributed by atoms with Gasteiger partial charge in [-0.1, -0.05) is 38.1 Å². The van der Waals surface area contributed by atoms with Gasteiger partial charge in [-0.15, -0.1) is 11.3 Å². The summed E-state index contributed by atoms with van der Waals surface area (Å²) in [5.74, 6) is 0.613. The molecule has 2 rings (SSSR count). The second kappa shape index (κ2) is 8.11. The lowest BCUT2D eigenvalue weighted by atomic mass is 10.0. The molecule has 0 radical (unpaired) electrons. The molecule has 136 valence electrons. The molecule has 0 aliphatic heterocycles. The molecule has 1 aromatic heterocycles. The molecular formula is C20H30N3OS+. The van der Waals surface area contributed by atoms with Crippen molar-refractivity contribution >= 4 is 17.2 Å². The number of carbonyl (C=O) groups is 1. The highest BCUT2D eigenvalue weighted by Crippen LogP contribution is 2.25. The minimum atomic E-state index is -0.187. The van der Waals surface area contributed by atoms with Crippen LogP contribution >= 0.6 is 11.3 Å². The monoisotopic (exact) mass is 360 g/mol. The molecule has 0 saturated heterocycles. The molecule has 0 saturated carbocycles. The van der Waals surface area contributed by atoms with Gasteiger partial charge in [0.2, 0.25) is 0 Å². The molecule has 4 nitrogen and oxygen atoms in total. The number of aromatic nitrogens is 1. The molecule has 0 aliphatic rings. The maximum atomic E-state index is 12.0. The maximum Gasteiger partial charge on any atom is 0.275 e. The van der Waals surface area contributed by atoms with Crippen molar-refractivity contribution < 1.29 is 9.69 Å². The van der Waals surface area contributed by atoms with E-state index in [2.05, 4.69) is 48.8 Å². The third-order valence-electron chi connectivity index (χ3n) is 3.84. The third-order valence-corrected chi connectivity index (χ3v) is 4.78. The first kappa shape index (κ1) is 19.6. The molecule has 1 atom stereocenters. The Balaban J connectivity index is 1.95. The lowest BCUT2D eigenvalue weighted by molar-refractivity contribution is -0.885. The van der Waals surface area contributed by atoms with Gasteiger partial charge in [0.25, 0.3) is 5.91 Å². The summed E-state index contributed by atoms with van der Waals surface area (Å²) in [6, 6.07) is 8.64. The van der Waals surface area contributed by atoms with Crippen molar-refractivity contribution in [1.82, 2.24) is 10.3 Å². The minimum absolute atomic E-state index is 0.0738. The predicted molar refractivity (Wildman–Crippen MR) is 105 cm³/mol. The molecule has 0 fully saturated rings. The van der Waals surface area contributed by atoms with Crippen molar-refractivity contribution in [2.45, 2.75) is 52.6 Å². The highest BCUT2D eigenvalue weighted by molar-refractivity contribution is 7.13. The lowest BCUT2D eigenvalue weighted by Gasteiger charge is -2.21. The zero-order valence-electron chi connectivity index (χ0n) is 16.1. The van der Waals surface area contributed by atoms with E-state index in [-0.39, 0.29) is 11.4 Å². The maximum absolute atomic E-state index is 12.0. The topological polar surface area (TPSA) is 46.4 Å². The first-order chi connectivity index (χ1) is 11.6. The van der Waals surface area contributed by atoms with Gasteiger partial charge in [-0.25, -0.2) is 4.98 Å². The fourth-order valence-corrected chi connectivity index (χ4v) is 3.47. The Morgan fingerprint density at radius 3 is 2.44 bits per heavy atom. The van der Waals surface area contributed by atoms with Crippen LogP contribution in [-0.2, 0) is 11.3 Å². The Kier molecular flexibility index (Phi) is 6.36. The van der Waals surface area contributed by atoms with E-state index in [4.69, 9.17) is 4.98 Å². The molecular weight excluding hydrogens is 330 g/mol. The number of nitrogens with one attached hydrogen (secondary N) is 2. The van der Waals surface area contributed by atoms with Crippen LogP contribution in [0, 0.1) is 0 Å². The zero-order chi connectivity index (χ0) is 18.6. The van der Waals surface area contributed by atoms with Crippen molar-refractivity contribution in [3.05, 3.63) is 40.9 Å². The molecule has 5 heteroatoms. The summed E-state index contributed by atoms with van der Waals surface area (Å²) in [6.45, 7) is 11.6. The predicted octanol–water partition coefficient (Wildman–Crippen LogP) is 2.86. The van der Waals surface area contributed by atoms with Crippen molar-refractivity contribution in [3.8, 4) is 10.6 Å². The molecule has 1 unspecified atom stereocenters. The third kappa shape index (κ3) is 6.25. The van der Waals surface area contributed by atoms with E-state index in [9.17, 15) is 4.79 Å². The van der Waals surface area contributed by atoms with E-state index in [1.807, 2.05) is 27.8 Å². The molecule has 1 aromatic carbocycles. The second-order valence-corrected chi connectivity index (χ2v) is 8.89. The average molecular weight is 361 g/mol. The summed E-state index contributed by atoms with van der Waals surface area (Å²) < 4.78 is 0. The molecule has 0 spiro atoms. The number of likely N-dealkylation sites (N-methyl/N-ethyl adjacent to an activating group) is 1.